The van der Waals surface area contributed by atoms with Gasteiger partial charge in [0.05, 0.1) is 25.0 Å². The highest BCUT2D eigenvalue weighted by Gasteiger charge is 2.13. The number of carboxylic acid groups (broad SMARTS) is 1. The zero-order chi connectivity index (χ0) is 15.2. The Balaban J connectivity index is 2.02. The number of carboxylic acids is 1. The summed E-state index contributed by atoms with van der Waals surface area (Å²) >= 11 is 0. The molecule has 8 heteroatoms. The molecule has 0 saturated carbocycles. The number of nitrogens with zero attached hydrogens (tertiary/aromatic N) is 3. The van der Waals surface area contributed by atoms with Crippen LogP contribution in [0.1, 0.15) is 10.5 Å². The van der Waals surface area contributed by atoms with Gasteiger partial charge in [-0.05, 0) is 12.1 Å². The topological polar surface area (TPSA) is 98.4 Å². The molecule has 2 rings (SSSR count). The van der Waals surface area contributed by atoms with Crippen LogP contribution in [0, 0.1) is 0 Å². The monoisotopic (exact) mass is 292 g/mol. The summed E-state index contributed by atoms with van der Waals surface area (Å²) < 4.78 is 7.96. The van der Waals surface area contributed by atoms with Crippen molar-refractivity contribution in [3.8, 4) is 0 Å². The molecule has 2 aromatic rings. The fourth-order valence-corrected chi connectivity index (χ4v) is 1.83. The first kappa shape index (κ1) is 14.8. The zero-order valence-corrected chi connectivity index (χ0v) is 11.5. The minimum atomic E-state index is -1.01. The van der Waals surface area contributed by atoms with Gasteiger partial charge in [-0.1, -0.05) is 0 Å². The van der Waals surface area contributed by atoms with Gasteiger partial charge >= 0.3 is 5.97 Å². The van der Waals surface area contributed by atoms with E-state index < -0.39 is 5.97 Å². The van der Waals surface area contributed by atoms with E-state index in [0.29, 0.717) is 18.8 Å². The molecule has 0 atom stereocenters. The average molecular weight is 292 g/mol. The Bertz CT molecular complexity index is 632. The van der Waals surface area contributed by atoms with E-state index in [1.165, 1.54) is 10.8 Å². The molecule has 0 saturated heterocycles. The Morgan fingerprint density at radius 2 is 2.29 bits per heavy atom. The van der Waals surface area contributed by atoms with Gasteiger partial charge in [-0.15, -0.1) is 0 Å². The van der Waals surface area contributed by atoms with E-state index in [0.717, 1.165) is 0 Å². The van der Waals surface area contributed by atoms with Crippen molar-refractivity contribution in [3.63, 3.8) is 0 Å². The highest BCUT2D eigenvalue weighted by molar-refractivity contribution is 6.03. The summed E-state index contributed by atoms with van der Waals surface area (Å²) in [5.41, 5.74) is 0.821. The van der Waals surface area contributed by atoms with Crippen LogP contribution in [-0.2, 0) is 22.6 Å². The van der Waals surface area contributed by atoms with E-state index in [9.17, 15) is 9.59 Å². The summed E-state index contributed by atoms with van der Waals surface area (Å²) in [6.07, 6.45) is 4.75. The van der Waals surface area contributed by atoms with Crippen molar-refractivity contribution in [1.82, 2.24) is 14.3 Å². The maximum absolute atomic E-state index is 12.1. The predicted octanol–water partition coefficient (Wildman–Crippen LogP) is 0.668. The zero-order valence-electron chi connectivity index (χ0n) is 11.5. The summed E-state index contributed by atoms with van der Waals surface area (Å²) in [6, 6.07) is 3.19. The van der Waals surface area contributed by atoms with Crippen LogP contribution in [0.3, 0.4) is 0 Å². The Labute approximate surface area is 120 Å². The van der Waals surface area contributed by atoms with E-state index in [4.69, 9.17) is 9.84 Å². The fraction of sp³-hybridized carbons (Fsp3) is 0.308. The fourth-order valence-electron chi connectivity index (χ4n) is 1.83. The molecular formula is C13H16N4O4. The van der Waals surface area contributed by atoms with Gasteiger partial charge in [-0.2, -0.15) is 5.10 Å². The third kappa shape index (κ3) is 3.93. The maximum Gasteiger partial charge on any atom is 0.323 e. The third-order valence-corrected chi connectivity index (χ3v) is 2.78. The SMILES string of the molecule is COCCn1cc(NC(=O)c2cccn2CC(=O)O)cn1. The van der Waals surface area contributed by atoms with Crippen molar-refractivity contribution in [2.24, 2.45) is 0 Å². The molecule has 0 radical (unpaired) electrons. The van der Waals surface area contributed by atoms with Crippen molar-refractivity contribution in [2.45, 2.75) is 13.1 Å². The number of hydrogen-bond acceptors (Lipinski definition) is 4. The van der Waals surface area contributed by atoms with Crippen molar-refractivity contribution in [2.75, 3.05) is 19.0 Å². The van der Waals surface area contributed by atoms with Crippen molar-refractivity contribution < 1.29 is 19.4 Å². The van der Waals surface area contributed by atoms with E-state index in [1.807, 2.05) is 0 Å². The lowest BCUT2D eigenvalue weighted by atomic mass is 10.4. The van der Waals surface area contributed by atoms with E-state index in [1.54, 1.807) is 36.3 Å². The highest BCUT2D eigenvalue weighted by Crippen LogP contribution is 2.09. The molecule has 0 bridgehead atoms. The van der Waals surface area contributed by atoms with Crippen LogP contribution < -0.4 is 5.32 Å². The van der Waals surface area contributed by atoms with E-state index >= 15 is 0 Å². The maximum atomic E-state index is 12.1. The quantitative estimate of drug-likeness (QED) is 0.781. The molecule has 21 heavy (non-hydrogen) atoms. The molecule has 8 nitrogen and oxygen atoms in total. The average Bonchev–Trinajstić information content (AvgIpc) is 3.05. The van der Waals surface area contributed by atoms with Crippen molar-refractivity contribution in [3.05, 3.63) is 36.4 Å². The van der Waals surface area contributed by atoms with Crippen LogP contribution in [0.2, 0.25) is 0 Å². The molecule has 0 aromatic carbocycles. The van der Waals surface area contributed by atoms with Crippen LogP contribution in [-0.4, -0.2) is 45.0 Å². The highest BCUT2D eigenvalue weighted by atomic mass is 16.5. The smallest absolute Gasteiger partial charge is 0.323 e. The lowest BCUT2D eigenvalue weighted by molar-refractivity contribution is -0.137. The van der Waals surface area contributed by atoms with Crippen molar-refractivity contribution >= 4 is 17.6 Å². The molecule has 1 amide bonds. The van der Waals surface area contributed by atoms with E-state index in [-0.39, 0.29) is 18.1 Å². The lowest BCUT2D eigenvalue weighted by Crippen LogP contribution is -2.19. The second-order valence-corrected chi connectivity index (χ2v) is 4.35. The van der Waals surface area contributed by atoms with Gasteiger partial charge in [0.1, 0.15) is 12.2 Å². The second-order valence-electron chi connectivity index (χ2n) is 4.35. The second kappa shape index (κ2) is 6.71. The molecular weight excluding hydrogens is 276 g/mol. The summed E-state index contributed by atoms with van der Waals surface area (Å²) in [5, 5.41) is 15.5. The molecule has 0 aliphatic rings. The number of rotatable bonds is 7. The molecule has 2 N–H and O–H groups in total. The van der Waals surface area contributed by atoms with Gasteiger partial charge in [0.25, 0.3) is 5.91 Å². The first-order chi connectivity index (χ1) is 10.1. The minimum Gasteiger partial charge on any atom is -0.480 e. The van der Waals surface area contributed by atoms with Gasteiger partial charge in [-0.3, -0.25) is 14.3 Å². The molecule has 0 fully saturated rings. The van der Waals surface area contributed by atoms with Gasteiger partial charge in [-0.25, -0.2) is 0 Å². The number of carbonyl (C=O) groups is 2. The number of methoxy groups -OCH3 is 1. The summed E-state index contributed by atoms with van der Waals surface area (Å²) in [6.45, 7) is 0.848. The Morgan fingerprint density at radius 1 is 1.48 bits per heavy atom. The largest absolute Gasteiger partial charge is 0.480 e. The molecule has 2 aromatic heterocycles. The molecule has 0 aliphatic carbocycles. The van der Waals surface area contributed by atoms with Crippen LogP contribution in [0.4, 0.5) is 5.69 Å². The first-order valence-electron chi connectivity index (χ1n) is 6.30. The van der Waals surface area contributed by atoms with Crippen LogP contribution >= 0.6 is 0 Å². The number of anilines is 1. The van der Waals surface area contributed by atoms with Gasteiger partial charge < -0.3 is 19.7 Å². The van der Waals surface area contributed by atoms with Crippen LogP contribution in [0.15, 0.2) is 30.7 Å². The standard InChI is InChI=1S/C13H16N4O4/c1-21-6-5-17-8-10(7-14-17)15-13(20)11-3-2-4-16(11)9-12(18)19/h2-4,7-8H,5-6,9H2,1H3,(H,15,20)(H,18,19). The number of aromatic nitrogens is 3. The predicted molar refractivity (Wildman–Crippen MR) is 74.1 cm³/mol. The van der Waals surface area contributed by atoms with Crippen LogP contribution in [0.25, 0.3) is 0 Å². The lowest BCUT2D eigenvalue weighted by Gasteiger charge is -2.06. The van der Waals surface area contributed by atoms with Crippen molar-refractivity contribution in [1.29, 1.82) is 0 Å². The number of hydrogen-bond donors (Lipinski definition) is 2. The number of aliphatic carboxylic acids is 1. The molecule has 0 spiro atoms. The number of carbonyl (C=O) groups excluding carboxylic acids is 1. The number of nitrogens with one attached hydrogen (secondary N) is 1. The van der Waals surface area contributed by atoms with Gasteiger partial charge in [0.2, 0.25) is 0 Å². The minimum absolute atomic E-state index is 0.261. The summed E-state index contributed by atoms with van der Waals surface area (Å²) in [5.74, 6) is -1.39. The van der Waals surface area contributed by atoms with Crippen LogP contribution in [0.5, 0.6) is 0 Å². The number of amides is 1. The molecule has 112 valence electrons. The number of ether oxygens (including phenoxy) is 1. The summed E-state index contributed by atoms with van der Waals surface area (Å²) in [7, 11) is 1.60. The molecule has 2 heterocycles. The third-order valence-electron chi connectivity index (χ3n) is 2.78. The van der Waals surface area contributed by atoms with Gasteiger partial charge in [0, 0.05) is 19.5 Å². The Kier molecular flexibility index (Phi) is 4.72. The Morgan fingerprint density at radius 3 is 3.00 bits per heavy atom. The van der Waals surface area contributed by atoms with E-state index in [2.05, 4.69) is 10.4 Å². The summed E-state index contributed by atoms with van der Waals surface area (Å²) in [4.78, 5) is 22.8. The first-order valence-corrected chi connectivity index (χ1v) is 6.30. The normalized spacial score (nSPS) is 10.5. The molecule has 0 unspecified atom stereocenters. The molecule has 0 aliphatic heterocycles. The Hall–Kier alpha value is -2.61. The van der Waals surface area contributed by atoms with Gasteiger partial charge in [0.15, 0.2) is 0 Å².